The molecule has 25 heavy (non-hydrogen) atoms. The Labute approximate surface area is 144 Å². The number of amides is 1. The Morgan fingerprint density at radius 2 is 2.12 bits per heavy atom. The average Bonchev–Trinajstić information content (AvgIpc) is 3.14. The average molecular weight is 340 g/mol. The quantitative estimate of drug-likeness (QED) is 0.688. The van der Waals surface area contributed by atoms with E-state index in [1.54, 1.807) is 42.8 Å². The van der Waals surface area contributed by atoms with Crippen LogP contribution in [0.3, 0.4) is 0 Å². The number of nitrogens with zero attached hydrogens (tertiary/aromatic N) is 2. The van der Waals surface area contributed by atoms with Gasteiger partial charge in [-0.1, -0.05) is 6.07 Å². The van der Waals surface area contributed by atoms with E-state index < -0.39 is 5.82 Å². The summed E-state index contributed by atoms with van der Waals surface area (Å²) < 4.78 is 24.1. The lowest BCUT2D eigenvalue weighted by molar-refractivity contribution is -0.118. The molecule has 128 valence electrons. The van der Waals surface area contributed by atoms with Gasteiger partial charge in [-0.3, -0.25) is 9.69 Å². The molecule has 0 aliphatic rings. The first-order valence-electron chi connectivity index (χ1n) is 7.73. The van der Waals surface area contributed by atoms with Crippen molar-refractivity contribution in [3.8, 4) is 5.75 Å². The summed E-state index contributed by atoms with van der Waals surface area (Å²) in [5.74, 6) is 0.941. The SMILES string of the molecule is COc1ccc(F)cc1CC(=O)N(Cc1ccco1)c1ccccn1. The van der Waals surface area contributed by atoms with E-state index in [1.807, 2.05) is 0 Å². The predicted octanol–water partition coefficient (Wildman–Crippen LogP) is 3.60. The van der Waals surface area contributed by atoms with E-state index in [0.29, 0.717) is 22.9 Å². The monoisotopic (exact) mass is 340 g/mol. The van der Waals surface area contributed by atoms with Crippen LogP contribution in [0, 0.1) is 5.82 Å². The lowest BCUT2D eigenvalue weighted by Gasteiger charge is -2.21. The van der Waals surface area contributed by atoms with Crippen LogP contribution in [0.5, 0.6) is 5.75 Å². The Hall–Kier alpha value is -3.15. The molecule has 0 spiro atoms. The van der Waals surface area contributed by atoms with Crippen LogP contribution in [0.1, 0.15) is 11.3 Å². The molecule has 1 amide bonds. The van der Waals surface area contributed by atoms with Crippen LogP contribution in [0.15, 0.2) is 65.4 Å². The van der Waals surface area contributed by atoms with Gasteiger partial charge in [-0.15, -0.1) is 0 Å². The van der Waals surface area contributed by atoms with Crippen LogP contribution < -0.4 is 9.64 Å². The Kier molecular flexibility index (Phi) is 5.09. The minimum absolute atomic E-state index is 0.0157. The van der Waals surface area contributed by atoms with Gasteiger partial charge in [0.25, 0.3) is 0 Å². The number of furan rings is 1. The molecule has 3 aromatic rings. The topological polar surface area (TPSA) is 55.6 Å². The van der Waals surface area contributed by atoms with Crippen molar-refractivity contribution in [2.75, 3.05) is 12.0 Å². The number of rotatable bonds is 6. The number of ether oxygens (including phenoxy) is 1. The highest BCUT2D eigenvalue weighted by Crippen LogP contribution is 2.22. The summed E-state index contributed by atoms with van der Waals surface area (Å²) in [4.78, 5) is 18.6. The number of carbonyl (C=O) groups is 1. The van der Waals surface area contributed by atoms with E-state index in [0.717, 1.165) is 0 Å². The Morgan fingerprint density at radius 3 is 2.80 bits per heavy atom. The summed E-state index contributed by atoms with van der Waals surface area (Å²) >= 11 is 0. The summed E-state index contributed by atoms with van der Waals surface area (Å²) in [6.45, 7) is 0.237. The zero-order valence-electron chi connectivity index (χ0n) is 13.7. The van der Waals surface area contributed by atoms with E-state index in [2.05, 4.69) is 4.98 Å². The summed E-state index contributed by atoms with van der Waals surface area (Å²) in [6.07, 6.45) is 3.14. The highest BCUT2D eigenvalue weighted by Gasteiger charge is 2.20. The molecule has 0 aliphatic carbocycles. The molecule has 6 heteroatoms. The van der Waals surface area contributed by atoms with E-state index in [-0.39, 0.29) is 18.9 Å². The van der Waals surface area contributed by atoms with Gasteiger partial charge in [-0.05, 0) is 42.5 Å². The number of anilines is 1. The summed E-state index contributed by atoms with van der Waals surface area (Å²) in [7, 11) is 1.49. The van der Waals surface area contributed by atoms with Gasteiger partial charge in [0.15, 0.2) is 0 Å². The molecule has 0 N–H and O–H groups in total. The van der Waals surface area contributed by atoms with Crippen molar-refractivity contribution in [1.29, 1.82) is 0 Å². The molecule has 0 saturated heterocycles. The number of hydrogen-bond donors (Lipinski definition) is 0. The highest BCUT2D eigenvalue weighted by molar-refractivity contribution is 5.94. The van der Waals surface area contributed by atoms with Crippen LogP contribution in [0.4, 0.5) is 10.2 Å². The Morgan fingerprint density at radius 1 is 1.24 bits per heavy atom. The number of methoxy groups -OCH3 is 1. The number of carbonyl (C=O) groups excluding carboxylic acids is 1. The van der Waals surface area contributed by atoms with Gasteiger partial charge < -0.3 is 9.15 Å². The molecule has 0 unspecified atom stereocenters. The molecule has 3 rings (SSSR count). The molecule has 2 heterocycles. The fourth-order valence-electron chi connectivity index (χ4n) is 2.51. The molecular weight excluding hydrogens is 323 g/mol. The third-order valence-corrected chi connectivity index (χ3v) is 3.71. The molecule has 2 aromatic heterocycles. The number of halogens is 1. The summed E-state index contributed by atoms with van der Waals surface area (Å²) in [6, 6.07) is 13.0. The Balaban J connectivity index is 1.88. The lowest BCUT2D eigenvalue weighted by Crippen LogP contribution is -2.32. The zero-order chi connectivity index (χ0) is 17.6. The minimum atomic E-state index is -0.418. The standard InChI is InChI=1S/C19H17FN2O3/c1-24-17-8-7-15(20)11-14(17)12-19(23)22(13-16-5-4-10-25-16)18-6-2-3-9-21-18/h2-11H,12-13H2,1H3. The van der Waals surface area contributed by atoms with Crippen molar-refractivity contribution < 1.29 is 18.3 Å². The smallest absolute Gasteiger partial charge is 0.233 e. The summed E-state index contributed by atoms with van der Waals surface area (Å²) in [5, 5.41) is 0. The molecular formula is C19H17FN2O3. The maximum Gasteiger partial charge on any atom is 0.233 e. The minimum Gasteiger partial charge on any atom is -0.496 e. The first-order valence-corrected chi connectivity index (χ1v) is 7.73. The van der Waals surface area contributed by atoms with Gasteiger partial charge >= 0.3 is 0 Å². The van der Waals surface area contributed by atoms with Crippen LogP contribution in [0.25, 0.3) is 0 Å². The number of aromatic nitrogens is 1. The molecule has 0 bridgehead atoms. The molecule has 5 nitrogen and oxygen atoms in total. The van der Waals surface area contributed by atoms with Crippen LogP contribution in [-0.4, -0.2) is 18.0 Å². The number of pyridine rings is 1. The molecule has 1 aromatic carbocycles. The van der Waals surface area contributed by atoms with Crippen LogP contribution in [-0.2, 0) is 17.8 Å². The van der Waals surface area contributed by atoms with E-state index in [9.17, 15) is 9.18 Å². The van der Waals surface area contributed by atoms with Crippen molar-refractivity contribution in [2.24, 2.45) is 0 Å². The van der Waals surface area contributed by atoms with E-state index >= 15 is 0 Å². The predicted molar refractivity (Wildman–Crippen MR) is 90.8 cm³/mol. The largest absolute Gasteiger partial charge is 0.496 e. The molecule has 0 radical (unpaired) electrons. The third-order valence-electron chi connectivity index (χ3n) is 3.71. The third kappa shape index (κ3) is 4.03. The fraction of sp³-hybridized carbons (Fsp3) is 0.158. The van der Waals surface area contributed by atoms with Gasteiger partial charge in [0.05, 0.1) is 26.3 Å². The second-order valence-corrected chi connectivity index (χ2v) is 5.38. The second kappa shape index (κ2) is 7.61. The van der Waals surface area contributed by atoms with Gasteiger partial charge in [0, 0.05) is 11.8 Å². The van der Waals surface area contributed by atoms with Crippen molar-refractivity contribution in [3.05, 3.63) is 78.1 Å². The molecule has 0 fully saturated rings. The van der Waals surface area contributed by atoms with E-state index in [1.165, 1.54) is 30.2 Å². The summed E-state index contributed by atoms with van der Waals surface area (Å²) in [5.41, 5.74) is 0.480. The Bertz CT molecular complexity index is 835. The first kappa shape index (κ1) is 16.7. The first-order chi connectivity index (χ1) is 12.2. The van der Waals surface area contributed by atoms with Crippen LogP contribution in [0.2, 0.25) is 0 Å². The van der Waals surface area contributed by atoms with Gasteiger partial charge in [0.1, 0.15) is 23.1 Å². The van der Waals surface area contributed by atoms with Crippen molar-refractivity contribution >= 4 is 11.7 Å². The van der Waals surface area contributed by atoms with Gasteiger partial charge in [0.2, 0.25) is 5.91 Å². The maximum absolute atomic E-state index is 13.6. The van der Waals surface area contributed by atoms with Crippen molar-refractivity contribution in [1.82, 2.24) is 4.98 Å². The van der Waals surface area contributed by atoms with Crippen LogP contribution >= 0.6 is 0 Å². The molecule has 0 aliphatic heterocycles. The molecule has 0 saturated carbocycles. The lowest BCUT2D eigenvalue weighted by atomic mass is 10.1. The number of benzene rings is 1. The normalized spacial score (nSPS) is 10.5. The van der Waals surface area contributed by atoms with Crippen molar-refractivity contribution in [2.45, 2.75) is 13.0 Å². The fourth-order valence-corrected chi connectivity index (χ4v) is 2.51. The van der Waals surface area contributed by atoms with Gasteiger partial charge in [-0.2, -0.15) is 0 Å². The van der Waals surface area contributed by atoms with Gasteiger partial charge in [-0.25, -0.2) is 9.37 Å². The maximum atomic E-state index is 13.6. The van der Waals surface area contributed by atoms with Crippen molar-refractivity contribution in [3.63, 3.8) is 0 Å². The van der Waals surface area contributed by atoms with E-state index in [4.69, 9.17) is 9.15 Å². The zero-order valence-corrected chi connectivity index (χ0v) is 13.7. The number of hydrogen-bond acceptors (Lipinski definition) is 4. The second-order valence-electron chi connectivity index (χ2n) is 5.38. The highest BCUT2D eigenvalue weighted by atomic mass is 19.1. The molecule has 0 atom stereocenters.